The van der Waals surface area contributed by atoms with E-state index < -0.39 is 0 Å². The van der Waals surface area contributed by atoms with E-state index in [4.69, 9.17) is 0 Å². The number of hydrogen-bond donors (Lipinski definition) is 0. The first-order chi connectivity index (χ1) is 8.95. The van der Waals surface area contributed by atoms with Crippen molar-refractivity contribution in [3.05, 3.63) is 67.4 Å². The van der Waals surface area contributed by atoms with Crippen LogP contribution in [0.25, 0.3) is 22.4 Å². The third-order valence-electron chi connectivity index (χ3n) is 2.72. The molecule has 3 heterocycles. The summed E-state index contributed by atoms with van der Waals surface area (Å²) in [5.41, 5.74) is 4.07. The Bertz CT molecular complexity index is 589. The molecule has 0 N–H and O–H groups in total. The Hall–Kier alpha value is -1.26. The Morgan fingerprint density at radius 2 is 1.30 bits per heavy atom. The molecule has 0 radical (unpaired) electrons. The fourth-order valence-electron chi connectivity index (χ4n) is 1.89. The van der Waals surface area contributed by atoms with Gasteiger partial charge in [0.05, 0.1) is 5.69 Å². The molecule has 0 bridgehead atoms. The minimum Gasteiger partial charge on any atom is -1.00 e. The van der Waals surface area contributed by atoms with E-state index in [9.17, 15) is 0 Å². The Labute approximate surface area is 146 Å². The van der Waals surface area contributed by atoms with Gasteiger partial charge in [-0.3, -0.25) is 15.0 Å². The van der Waals surface area contributed by atoms with Crippen LogP contribution < -0.4 is 42.0 Å². The van der Waals surface area contributed by atoms with E-state index in [0.717, 1.165) is 22.4 Å². The van der Waals surface area contributed by atoms with Crippen molar-refractivity contribution in [2.45, 2.75) is 0 Å². The molecule has 0 saturated heterocycles. The monoisotopic (exact) mass is 291 g/mol. The molecule has 0 aromatic carbocycles. The van der Waals surface area contributed by atoms with E-state index in [2.05, 4.69) is 15.0 Å². The standard InChI is InChI=1S/C15H11N3.ClH.Na/c1-4-12(10-16-7-1)14-6-3-9-18-15(14)13-5-2-8-17-11-13;;/h1-11H;1H;/q;;+1/p-1. The maximum Gasteiger partial charge on any atom is 1.00 e. The van der Waals surface area contributed by atoms with Gasteiger partial charge in [-0.25, -0.2) is 0 Å². The summed E-state index contributed by atoms with van der Waals surface area (Å²) >= 11 is 0. The van der Waals surface area contributed by atoms with Crippen molar-refractivity contribution in [1.82, 2.24) is 15.0 Å². The quantitative estimate of drug-likeness (QED) is 0.479. The molecule has 0 atom stereocenters. The van der Waals surface area contributed by atoms with Gasteiger partial charge >= 0.3 is 29.6 Å². The molecule has 0 spiro atoms. The van der Waals surface area contributed by atoms with Crippen molar-refractivity contribution in [3.8, 4) is 22.4 Å². The molecular weight excluding hydrogens is 281 g/mol. The molecule has 3 nitrogen and oxygen atoms in total. The predicted molar refractivity (Wildman–Crippen MR) is 70.7 cm³/mol. The molecule has 3 aromatic rings. The van der Waals surface area contributed by atoms with Crippen LogP contribution in [-0.2, 0) is 0 Å². The van der Waals surface area contributed by atoms with Crippen molar-refractivity contribution < 1.29 is 42.0 Å². The summed E-state index contributed by atoms with van der Waals surface area (Å²) < 4.78 is 0. The molecule has 0 amide bonds. The number of rotatable bonds is 2. The van der Waals surface area contributed by atoms with Gasteiger partial charge in [0.25, 0.3) is 0 Å². The Balaban J connectivity index is 0.000001000. The van der Waals surface area contributed by atoms with E-state index in [1.807, 2.05) is 48.8 Å². The van der Waals surface area contributed by atoms with Crippen molar-refractivity contribution >= 4 is 0 Å². The Morgan fingerprint density at radius 1 is 0.700 bits per heavy atom. The molecular formula is C15H11ClN3Na. The molecule has 94 valence electrons. The van der Waals surface area contributed by atoms with Crippen molar-refractivity contribution in [3.63, 3.8) is 0 Å². The number of hydrogen-bond acceptors (Lipinski definition) is 3. The van der Waals surface area contributed by atoms with E-state index in [1.165, 1.54) is 0 Å². The zero-order chi connectivity index (χ0) is 12.2. The molecule has 0 unspecified atom stereocenters. The average Bonchev–Trinajstić information content (AvgIpc) is 2.49. The number of nitrogens with zero attached hydrogens (tertiary/aromatic N) is 3. The summed E-state index contributed by atoms with van der Waals surface area (Å²) in [6, 6.07) is 11.9. The van der Waals surface area contributed by atoms with Crippen LogP contribution in [0.3, 0.4) is 0 Å². The van der Waals surface area contributed by atoms with Crippen LogP contribution in [0.2, 0.25) is 0 Å². The second-order valence-corrected chi connectivity index (χ2v) is 3.88. The Kier molecular flexibility index (Phi) is 6.82. The van der Waals surface area contributed by atoms with Gasteiger partial charge in [0.15, 0.2) is 0 Å². The van der Waals surface area contributed by atoms with Gasteiger partial charge in [-0.05, 0) is 24.3 Å². The van der Waals surface area contributed by atoms with Gasteiger partial charge < -0.3 is 12.4 Å². The normalized spacial score (nSPS) is 9.20. The van der Waals surface area contributed by atoms with Gasteiger partial charge in [0.2, 0.25) is 0 Å². The zero-order valence-electron chi connectivity index (χ0n) is 11.1. The van der Waals surface area contributed by atoms with Crippen LogP contribution in [0.4, 0.5) is 0 Å². The van der Waals surface area contributed by atoms with Crippen LogP contribution in [-0.4, -0.2) is 15.0 Å². The van der Waals surface area contributed by atoms with E-state index in [-0.39, 0.29) is 42.0 Å². The van der Waals surface area contributed by atoms with Gasteiger partial charge in [-0.1, -0.05) is 12.1 Å². The number of aromatic nitrogens is 3. The van der Waals surface area contributed by atoms with Crippen LogP contribution >= 0.6 is 0 Å². The largest absolute Gasteiger partial charge is 1.00 e. The summed E-state index contributed by atoms with van der Waals surface area (Å²) in [7, 11) is 0. The summed E-state index contributed by atoms with van der Waals surface area (Å²) in [6.45, 7) is 0. The third-order valence-corrected chi connectivity index (χ3v) is 2.72. The molecule has 0 aliphatic rings. The maximum absolute atomic E-state index is 4.46. The van der Waals surface area contributed by atoms with Gasteiger partial charge in [0, 0.05) is 47.7 Å². The van der Waals surface area contributed by atoms with Crippen LogP contribution in [0.15, 0.2) is 67.4 Å². The van der Waals surface area contributed by atoms with Crippen molar-refractivity contribution in [1.29, 1.82) is 0 Å². The smallest absolute Gasteiger partial charge is 1.00 e. The molecule has 0 aliphatic carbocycles. The minimum atomic E-state index is 0. The van der Waals surface area contributed by atoms with Gasteiger partial charge in [-0.15, -0.1) is 0 Å². The van der Waals surface area contributed by atoms with Gasteiger partial charge in [0.1, 0.15) is 0 Å². The first-order valence-electron chi connectivity index (χ1n) is 5.71. The molecule has 0 fully saturated rings. The third kappa shape index (κ3) is 3.64. The van der Waals surface area contributed by atoms with Crippen molar-refractivity contribution in [2.24, 2.45) is 0 Å². The molecule has 3 rings (SSSR count). The second kappa shape index (κ2) is 8.12. The molecule has 5 heteroatoms. The topological polar surface area (TPSA) is 38.7 Å². The molecule has 0 saturated carbocycles. The fourth-order valence-corrected chi connectivity index (χ4v) is 1.89. The predicted octanol–water partition coefficient (Wildman–Crippen LogP) is -2.79. The first-order valence-corrected chi connectivity index (χ1v) is 5.71. The van der Waals surface area contributed by atoms with Crippen LogP contribution in [0.5, 0.6) is 0 Å². The molecule has 20 heavy (non-hydrogen) atoms. The summed E-state index contributed by atoms with van der Waals surface area (Å²) in [6.07, 6.45) is 8.99. The van der Waals surface area contributed by atoms with E-state index in [0.29, 0.717) is 0 Å². The average molecular weight is 292 g/mol. The molecule has 0 aliphatic heterocycles. The zero-order valence-corrected chi connectivity index (χ0v) is 13.8. The second-order valence-electron chi connectivity index (χ2n) is 3.88. The SMILES string of the molecule is [Cl-].[Na+].c1cncc(-c2cccnc2-c2cccnc2)c1. The minimum absolute atomic E-state index is 0. The molecule has 3 aromatic heterocycles. The van der Waals surface area contributed by atoms with E-state index in [1.54, 1.807) is 18.6 Å². The van der Waals surface area contributed by atoms with Crippen LogP contribution in [0, 0.1) is 0 Å². The van der Waals surface area contributed by atoms with Crippen molar-refractivity contribution in [2.75, 3.05) is 0 Å². The van der Waals surface area contributed by atoms with Crippen LogP contribution in [0.1, 0.15) is 0 Å². The summed E-state index contributed by atoms with van der Waals surface area (Å²) in [5, 5.41) is 0. The maximum atomic E-state index is 4.46. The number of pyridine rings is 3. The Morgan fingerprint density at radius 3 is 1.90 bits per heavy atom. The van der Waals surface area contributed by atoms with Gasteiger partial charge in [-0.2, -0.15) is 0 Å². The summed E-state index contributed by atoms with van der Waals surface area (Å²) in [4.78, 5) is 12.8. The number of halogens is 1. The fraction of sp³-hybridized carbons (Fsp3) is 0. The van der Waals surface area contributed by atoms with E-state index >= 15 is 0 Å². The summed E-state index contributed by atoms with van der Waals surface area (Å²) in [5.74, 6) is 0. The first kappa shape index (κ1) is 16.8.